The van der Waals surface area contributed by atoms with E-state index in [9.17, 15) is 0 Å². The summed E-state index contributed by atoms with van der Waals surface area (Å²) in [6.45, 7) is 0. The molecule has 0 aromatic heterocycles. The molecule has 0 aliphatic carbocycles. The van der Waals surface area contributed by atoms with Crippen LogP contribution >= 0.6 is 11.6 Å². The minimum atomic E-state index is 0.417. The number of nitrogens with zero attached hydrogens (tertiary/aromatic N) is 2. The standard InChI is InChI=1S/C17H17ClN4/c18-17-15(11-13-7-3-1-4-8-13)20-16(21-22(17)19)12-14-9-5-2-6-10-14/h1-10H,11-12,19H2,(H,20,21). The van der Waals surface area contributed by atoms with Crippen molar-refractivity contribution in [2.24, 2.45) is 10.8 Å². The van der Waals surface area contributed by atoms with Gasteiger partial charge >= 0.3 is 0 Å². The van der Waals surface area contributed by atoms with Crippen molar-refractivity contribution in [2.75, 3.05) is 0 Å². The van der Waals surface area contributed by atoms with Crippen LogP contribution in [-0.4, -0.2) is 11.0 Å². The molecule has 0 bridgehead atoms. The lowest BCUT2D eigenvalue weighted by Crippen LogP contribution is -2.48. The zero-order valence-electron chi connectivity index (χ0n) is 12.0. The third-order valence-electron chi connectivity index (χ3n) is 3.40. The average molecular weight is 313 g/mol. The highest BCUT2D eigenvalue weighted by molar-refractivity contribution is 6.29. The van der Waals surface area contributed by atoms with Gasteiger partial charge in [0, 0.05) is 12.8 Å². The molecule has 22 heavy (non-hydrogen) atoms. The highest BCUT2D eigenvalue weighted by atomic mass is 35.5. The SMILES string of the molecule is NN1NC(Cc2ccccc2)=NC(Cc2ccccc2)=C1Cl. The van der Waals surface area contributed by atoms with Crippen LogP contribution in [0.15, 0.2) is 76.5 Å². The van der Waals surface area contributed by atoms with Crippen molar-refractivity contribution in [1.82, 2.24) is 10.5 Å². The lowest BCUT2D eigenvalue weighted by molar-refractivity contribution is 0.323. The summed E-state index contributed by atoms with van der Waals surface area (Å²) < 4.78 is 0. The number of allylic oxidation sites excluding steroid dienone is 1. The van der Waals surface area contributed by atoms with Gasteiger partial charge in [-0.15, -0.1) is 0 Å². The fourth-order valence-corrected chi connectivity index (χ4v) is 2.48. The first-order valence-corrected chi connectivity index (χ1v) is 7.46. The molecule has 0 amide bonds. The molecule has 1 aliphatic heterocycles. The van der Waals surface area contributed by atoms with Gasteiger partial charge in [-0.05, 0) is 11.1 Å². The maximum absolute atomic E-state index is 6.26. The number of nitrogens with one attached hydrogen (secondary N) is 1. The van der Waals surface area contributed by atoms with Gasteiger partial charge < -0.3 is 0 Å². The third kappa shape index (κ3) is 3.47. The lowest BCUT2D eigenvalue weighted by atomic mass is 10.1. The molecule has 4 nitrogen and oxygen atoms in total. The molecule has 0 spiro atoms. The summed E-state index contributed by atoms with van der Waals surface area (Å²) in [6.07, 6.45) is 1.32. The summed E-state index contributed by atoms with van der Waals surface area (Å²) in [7, 11) is 0. The molecule has 3 rings (SSSR count). The van der Waals surface area contributed by atoms with E-state index in [-0.39, 0.29) is 0 Å². The molecular weight excluding hydrogens is 296 g/mol. The van der Waals surface area contributed by atoms with E-state index >= 15 is 0 Å². The van der Waals surface area contributed by atoms with E-state index in [1.165, 1.54) is 10.7 Å². The molecule has 5 heteroatoms. The van der Waals surface area contributed by atoms with Gasteiger partial charge in [-0.3, -0.25) is 5.43 Å². The maximum Gasteiger partial charge on any atom is 0.163 e. The zero-order chi connectivity index (χ0) is 15.4. The first kappa shape index (κ1) is 14.6. The van der Waals surface area contributed by atoms with Crippen LogP contribution in [0.5, 0.6) is 0 Å². The summed E-state index contributed by atoms with van der Waals surface area (Å²) in [5.41, 5.74) is 6.08. The first-order chi connectivity index (χ1) is 10.7. The Morgan fingerprint density at radius 1 is 0.909 bits per heavy atom. The number of nitrogens with two attached hydrogens (primary N) is 1. The third-order valence-corrected chi connectivity index (χ3v) is 3.80. The summed E-state index contributed by atoms with van der Waals surface area (Å²) in [5.74, 6) is 6.70. The van der Waals surface area contributed by atoms with Gasteiger partial charge in [0.2, 0.25) is 0 Å². The van der Waals surface area contributed by atoms with Crippen LogP contribution in [0.2, 0.25) is 0 Å². The topological polar surface area (TPSA) is 53.6 Å². The van der Waals surface area contributed by atoms with Gasteiger partial charge in [-0.25, -0.2) is 16.0 Å². The van der Waals surface area contributed by atoms with Crippen LogP contribution in [0.3, 0.4) is 0 Å². The Bertz CT molecular complexity index is 695. The Morgan fingerprint density at radius 2 is 1.45 bits per heavy atom. The normalized spacial score (nSPS) is 14.6. The summed E-state index contributed by atoms with van der Waals surface area (Å²) in [4.78, 5) is 4.64. The monoisotopic (exact) mass is 312 g/mol. The number of benzene rings is 2. The van der Waals surface area contributed by atoms with E-state index in [0.29, 0.717) is 18.0 Å². The van der Waals surface area contributed by atoms with Gasteiger partial charge in [0.05, 0.1) is 5.70 Å². The number of hydrogen-bond donors (Lipinski definition) is 2. The maximum atomic E-state index is 6.26. The lowest BCUT2D eigenvalue weighted by Gasteiger charge is -2.27. The van der Waals surface area contributed by atoms with Gasteiger partial charge in [0.25, 0.3) is 0 Å². The second-order valence-electron chi connectivity index (χ2n) is 5.10. The Labute approximate surface area is 134 Å². The Hall–Kier alpha value is -2.30. The highest BCUT2D eigenvalue weighted by Crippen LogP contribution is 2.21. The van der Waals surface area contributed by atoms with Gasteiger partial charge in [0.15, 0.2) is 5.16 Å². The van der Waals surface area contributed by atoms with Gasteiger partial charge in [0.1, 0.15) is 5.84 Å². The molecule has 2 aromatic carbocycles. The molecule has 0 saturated carbocycles. The van der Waals surface area contributed by atoms with Crippen LogP contribution < -0.4 is 11.3 Å². The predicted octanol–water partition coefficient (Wildman–Crippen LogP) is 2.97. The number of aliphatic imine (C=N–C) groups is 1. The van der Waals surface area contributed by atoms with Crippen molar-refractivity contribution in [2.45, 2.75) is 12.8 Å². The summed E-state index contributed by atoms with van der Waals surface area (Å²) in [5, 5.41) is 1.74. The highest BCUT2D eigenvalue weighted by Gasteiger charge is 2.18. The van der Waals surface area contributed by atoms with E-state index in [2.05, 4.69) is 22.6 Å². The fourth-order valence-electron chi connectivity index (χ4n) is 2.33. The largest absolute Gasteiger partial charge is 0.269 e. The van der Waals surface area contributed by atoms with E-state index < -0.39 is 0 Å². The molecule has 0 unspecified atom stereocenters. The molecule has 1 aliphatic rings. The van der Waals surface area contributed by atoms with Crippen molar-refractivity contribution >= 4 is 17.4 Å². The molecule has 3 N–H and O–H groups in total. The van der Waals surface area contributed by atoms with Gasteiger partial charge in [-0.2, -0.15) is 0 Å². The van der Waals surface area contributed by atoms with E-state index in [4.69, 9.17) is 17.4 Å². The second kappa shape index (κ2) is 6.64. The zero-order valence-corrected chi connectivity index (χ0v) is 12.8. The Morgan fingerprint density at radius 3 is 2.05 bits per heavy atom. The van der Waals surface area contributed by atoms with Crippen molar-refractivity contribution in [1.29, 1.82) is 0 Å². The van der Waals surface area contributed by atoms with Crippen molar-refractivity contribution in [3.8, 4) is 0 Å². The first-order valence-electron chi connectivity index (χ1n) is 7.08. The number of halogens is 1. The molecule has 0 radical (unpaired) electrons. The summed E-state index contributed by atoms with van der Waals surface area (Å²) in [6, 6.07) is 20.2. The van der Waals surface area contributed by atoms with E-state index in [1.54, 1.807) is 0 Å². The van der Waals surface area contributed by atoms with Crippen molar-refractivity contribution in [3.05, 3.63) is 82.6 Å². The number of rotatable bonds is 4. The Kier molecular flexibility index (Phi) is 4.42. The van der Waals surface area contributed by atoms with Crippen molar-refractivity contribution in [3.63, 3.8) is 0 Å². The molecule has 112 valence electrons. The second-order valence-corrected chi connectivity index (χ2v) is 5.46. The molecule has 0 saturated heterocycles. The molecular formula is C17H17ClN4. The average Bonchev–Trinajstić information content (AvgIpc) is 2.54. The molecule has 0 fully saturated rings. The van der Waals surface area contributed by atoms with E-state index in [1.807, 2.05) is 48.5 Å². The van der Waals surface area contributed by atoms with Crippen LogP contribution in [0.4, 0.5) is 0 Å². The fraction of sp³-hybridized carbons (Fsp3) is 0.118. The predicted molar refractivity (Wildman–Crippen MR) is 89.8 cm³/mol. The number of amidine groups is 1. The smallest absolute Gasteiger partial charge is 0.163 e. The van der Waals surface area contributed by atoms with Crippen LogP contribution in [0.25, 0.3) is 0 Å². The Balaban J connectivity index is 1.82. The van der Waals surface area contributed by atoms with E-state index in [0.717, 1.165) is 17.1 Å². The minimum Gasteiger partial charge on any atom is -0.269 e. The molecule has 0 atom stereocenters. The quantitative estimate of drug-likeness (QED) is 0.674. The minimum absolute atomic E-state index is 0.417. The number of hydrazine groups is 2. The molecule has 2 aromatic rings. The molecule has 1 heterocycles. The number of hydrogen-bond acceptors (Lipinski definition) is 4. The van der Waals surface area contributed by atoms with Crippen LogP contribution in [-0.2, 0) is 12.8 Å². The van der Waals surface area contributed by atoms with Gasteiger partial charge in [-0.1, -0.05) is 72.3 Å². The van der Waals surface area contributed by atoms with Crippen molar-refractivity contribution < 1.29 is 0 Å². The van der Waals surface area contributed by atoms with Crippen LogP contribution in [0, 0.1) is 0 Å². The summed E-state index contributed by atoms with van der Waals surface area (Å²) >= 11 is 6.26. The van der Waals surface area contributed by atoms with Crippen LogP contribution in [0.1, 0.15) is 11.1 Å².